The molecule has 0 spiro atoms. The van der Waals surface area contributed by atoms with Gasteiger partial charge in [0, 0.05) is 31.5 Å². The summed E-state index contributed by atoms with van der Waals surface area (Å²) in [5.74, 6) is -2.57. The molecule has 7 nitrogen and oxygen atoms in total. The van der Waals surface area contributed by atoms with Crippen LogP contribution in [0.25, 0.3) is 0 Å². The Bertz CT molecular complexity index is 744. The van der Waals surface area contributed by atoms with Gasteiger partial charge in [0.1, 0.15) is 5.82 Å². The van der Waals surface area contributed by atoms with Gasteiger partial charge in [-0.3, -0.25) is 4.79 Å². The Hall–Kier alpha value is -3.04. The number of anilines is 1. The largest absolute Gasteiger partial charge is 0.490 e. The third kappa shape index (κ3) is 7.69. The first-order valence-corrected chi connectivity index (χ1v) is 7.40. The molecule has 1 heterocycles. The van der Waals surface area contributed by atoms with E-state index in [4.69, 9.17) is 15.0 Å². The van der Waals surface area contributed by atoms with Crippen LogP contribution in [0.1, 0.15) is 17.8 Å². The van der Waals surface area contributed by atoms with Gasteiger partial charge in [-0.1, -0.05) is 12.1 Å². The van der Waals surface area contributed by atoms with Gasteiger partial charge in [0.2, 0.25) is 0 Å². The number of alkyl halides is 3. The van der Waals surface area contributed by atoms with Crippen molar-refractivity contribution in [2.45, 2.75) is 25.6 Å². The van der Waals surface area contributed by atoms with Gasteiger partial charge >= 0.3 is 18.1 Å². The molecular formula is C16H18F3N3O4. The second-order valence-corrected chi connectivity index (χ2v) is 5.20. The van der Waals surface area contributed by atoms with E-state index in [0.717, 1.165) is 17.1 Å². The summed E-state index contributed by atoms with van der Waals surface area (Å²) in [5.41, 5.74) is 2.00. The Morgan fingerprint density at radius 1 is 1.27 bits per heavy atom. The molecule has 3 N–H and O–H groups in total. The molecule has 1 aromatic heterocycles. The normalized spacial score (nSPS) is 10.6. The number of rotatable bonds is 6. The molecule has 26 heavy (non-hydrogen) atoms. The zero-order valence-electron chi connectivity index (χ0n) is 13.8. The highest BCUT2D eigenvalue weighted by atomic mass is 19.4. The fourth-order valence-corrected chi connectivity index (χ4v) is 1.84. The van der Waals surface area contributed by atoms with Crippen molar-refractivity contribution >= 4 is 17.6 Å². The van der Waals surface area contributed by atoms with E-state index in [-0.39, 0.29) is 6.42 Å². The van der Waals surface area contributed by atoms with Crippen LogP contribution in [0.4, 0.5) is 18.9 Å². The molecule has 0 fully saturated rings. The minimum absolute atomic E-state index is 0.156. The highest BCUT2D eigenvalue weighted by Crippen LogP contribution is 2.14. The first-order valence-electron chi connectivity index (χ1n) is 7.40. The predicted molar refractivity (Wildman–Crippen MR) is 86.6 cm³/mol. The lowest BCUT2D eigenvalue weighted by Crippen LogP contribution is -2.21. The fourth-order valence-electron chi connectivity index (χ4n) is 1.84. The molecule has 0 atom stereocenters. The molecule has 0 radical (unpaired) electrons. The van der Waals surface area contributed by atoms with Crippen molar-refractivity contribution in [2.75, 3.05) is 5.32 Å². The monoisotopic (exact) mass is 373 g/mol. The number of hydrogen-bond acceptors (Lipinski definition) is 4. The average molecular weight is 373 g/mol. The molecule has 2 aromatic rings. The minimum Gasteiger partial charge on any atom is -0.481 e. The molecule has 0 saturated heterocycles. The van der Waals surface area contributed by atoms with Crippen LogP contribution >= 0.6 is 0 Å². The average Bonchev–Trinajstić information content (AvgIpc) is 2.96. The van der Waals surface area contributed by atoms with Crippen LogP contribution in [0.5, 0.6) is 0 Å². The first-order chi connectivity index (χ1) is 12.1. The number of halogens is 3. The van der Waals surface area contributed by atoms with E-state index >= 15 is 0 Å². The highest BCUT2D eigenvalue weighted by molar-refractivity contribution is 5.73. The van der Waals surface area contributed by atoms with Crippen molar-refractivity contribution in [1.82, 2.24) is 9.55 Å². The standard InChI is InChI=1S/C14H17N3O2.C2HF3O2/c1-17-8-7-15-13(17)10-16-12-4-2-3-11(9-12)5-6-14(18)19;3-2(4,5)1(6)7/h2-4,7-9,16H,5-6,10H2,1H3,(H,18,19);(H,6,7). The third-order valence-corrected chi connectivity index (χ3v) is 3.17. The number of aryl methyl sites for hydroxylation is 2. The van der Waals surface area contributed by atoms with E-state index in [2.05, 4.69) is 10.3 Å². The van der Waals surface area contributed by atoms with Crippen LogP contribution < -0.4 is 5.32 Å². The molecule has 10 heteroatoms. The smallest absolute Gasteiger partial charge is 0.481 e. The van der Waals surface area contributed by atoms with E-state index in [1.165, 1.54) is 0 Å². The summed E-state index contributed by atoms with van der Waals surface area (Å²) in [4.78, 5) is 23.7. The van der Waals surface area contributed by atoms with Gasteiger partial charge in [-0.2, -0.15) is 13.2 Å². The van der Waals surface area contributed by atoms with Crippen LogP contribution in [-0.2, 0) is 29.6 Å². The van der Waals surface area contributed by atoms with Crippen molar-refractivity contribution in [3.05, 3.63) is 48.0 Å². The number of carboxylic acid groups (broad SMARTS) is 2. The van der Waals surface area contributed by atoms with Crippen LogP contribution in [0, 0.1) is 0 Å². The number of carbonyl (C=O) groups is 2. The van der Waals surface area contributed by atoms with Gasteiger partial charge < -0.3 is 20.1 Å². The molecule has 0 aliphatic heterocycles. The second kappa shape index (κ2) is 9.44. The maximum atomic E-state index is 10.6. The van der Waals surface area contributed by atoms with Gasteiger partial charge in [-0.15, -0.1) is 0 Å². The SMILES string of the molecule is Cn1ccnc1CNc1cccc(CCC(=O)O)c1.O=C(O)C(F)(F)F. The molecule has 2 rings (SSSR count). The number of hydrogen-bond donors (Lipinski definition) is 3. The summed E-state index contributed by atoms with van der Waals surface area (Å²) in [7, 11) is 1.95. The van der Waals surface area contributed by atoms with E-state index in [1.54, 1.807) is 6.20 Å². The number of carboxylic acids is 2. The van der Waals surface area contributed by atoms with Crippen LogP contribution in [0.15, 0.2) is 36.7 Å². The number of aromatic nitrogens is 2. The number of nitrogens with one attached hydrogen (secondary N) is 1. The lowest BCUT2D eigenvalue weighted by atomic mass is 10.1. The highest BCUT2D eigenvalue weighted by Gasteiger charge is 2.38. The lowest BCUT2D eigenvalue weighted by Gasteiger charge is -2.08. The van der Waals surface area contributed by atoms with Crippen molar-refractivity contribution in [3.8, 4) is 0 Å². The van der Waals surface area contributed by atoms with Gasteiger partial charge in [0.05, 0.1) is 6.54 Å². The molecule has 0 aliphatic rings. The zero-order chi connectivity index (χ0) is 19.7. The maximum Gasteiger partial charge on any atom is 0.490 e. The van der Waals surface area contributed by atoms with Gasteiger partial charge in [0.15, 0.2) is 0 Å². The summed E-state index contributed by atoms with van der Waals surface area (Å²) >= 11 is 0. The summed E-state index contributed by atoms with van der Waals surface area (Å²) in [5, 5.41) is 19.1. The van der Waals surface area contributed by atoms with Crippen molar-refractivity contribution in [1.29, 1.82) is 0 Å². The molecule has 1 aromatic carbocycles. The zero-order valence-corrected chi connectivity index (χ0v) is 13.8. The molecule has 0 amide bonds. The third-order valence-electron chi connectivity index (χ3n) is 3.17. The number of imidazole rings is 1. The Kier molecular flexibility index (Phi) is 7.63. The Morgan fingerprint density at radius 2 is 1.92 bits per heavy atom. The van der Waals surface area contributed by atoms with Crippen LogP contribution in [0.2, 0.25) is 0 Å². The van der Waals surface area contributed by atoms with E-state index < -0.39 is 18.1 Å². The second-order valence-electron chi connectivity index (χ2n) is 5.20. The van der Waals surface area contributed by atoms with Crippen LogP contribution in [0.3, 0.4) is 0 Å². The molecule has 0 saturated carbocycles. The topological polar surface area (TPSA) is 104 Å². The van der Waals surface area contributed by atoms with Gasteiger partial charge in [0.25, 0.3) is 0 Å². The minimum atomic E-state index is -5.08. The van der Waals surface area contributed by atoms with E-state index in [1.807, 2.05) is 42.1 Å². The van der Waals surface area contributed by atoms with Crippen LogP contribution in [-0.4, -0.2) is 37.9 Å². The Balaban J connectivity index is 0.000000412. The molecular weight excluding hydrogens is 355 g/mol. The molecule has 0 bridgehead atoms. The fraction of sp³-hybridized carbons (Fsp3) is 0.312. The predicted octanol–water partition coefficient (Wildman–Crippen LogP) is 2.68. The van der Waals surface area contributed by atoms with Crippen molar-refractivity contribution in [3.63, 3.8) is 0 Å². The lowest BCUT2D eigenvalue weighted by molar-refractivity contribution is -0.192. The van der Waals surface area contributed by atoms with E-state index in [0.29, 0.717) is 13.0 Å². The molecule has 0 unspecified atom stereocenters. The summed E-state index contributed by atoms with van der Waals surface area (Å²) < 4.78 is 33.7. The van der Waals surface area contributed by atoms with E-state index in [9.17, 15) is 18.0 Å². The van der Waals surface area contributed by atoms with Gasteiger partial charge in [-0.25, -0.2) is 9.78 Å². The number of nitrogens with zero attached hydrogens (tertiary/aromatic N) is 2. The number of benzene rings is 1. The number of aliphatic carboxylic acids is 2. The Labute approximate surface area is 147 Å². The quantitative estimate of drug-likeness (QED) is 0.719. The summed E-state index contributed by atoms with van der Waals surface area (Å²) in [6.45, 7) is 0.645. The molecule has 142 valence electrons. The van der Waals surface area contributed by atoms with Gasteiger partial charge in [-0.05, 0) is 24.1 Å². The van der Waals surface area contributed by atoms with Crippen molar-refractivity contribution < 1.29 is 33.0 Å². The summed E-state index contributed by atoms with van der Waals surface area (Å²) in [6, 6.07) is 7.81. The summed E-state index contributed by atoms with van der Waals surface area (Å²) in [6.07, 6.45) is -0.712. The first kappa shape index (κ1) is 21.0. The maximum absolute atomic E-state index is 10.6. The van der Waals surface area contributed by atoms with Crippen molar-refractivity contribution in [2.24, 2.45) is 7.05 Å². The molecule has 0 aliphatic carbocycles. The Morgan fingerprint density at radius 3 is 2.42 bits per heavy atom.